The van der Waals surface area contributed by atoms with Crippen LogP contribution in [0.3, 0.4) is 0 Å². The molecule has 0 unspecified atom stereocenters. The molecule has 2 aromatic rings. The maximum absolute atomic E-state index is 12.5. The highest BCUT2D eigenvalue weighted by Crippen LogP contribution is 2.27. The number of sulfonamides is 1. The molecule has 2 N–H and O–H groups in total. The molecule has 0 spiro atoms. The van der Waals surface area contributed by atoms with Crippen molar-refractivity contribution in [1.29, 1.82) is 0 Å². The minimum Gasteiger partial charge on any atom is -0.545 e. The normalized spacial score (nSPS) is 13.3. The molecule has 0 atom stereocenters. The number of carboxylic acids is 1. The number of carboxylic acid groups (broad SMARTS) is 1. The molecule has 0 aromatic heterocycles. The Balaban J connectivity index is 1.95. The molecule has 1 aliphatic rings. The smallest absolute Gasteiger partial charge is 0.261 e. The van der Waals surface area contributed by atoms with Gasteiger partial charge in [0.2, 0.25) is 5.91 Å². The average Bonchev–Trinajstić information content (AvgIpc) is 2.88. The second-order valence-corrected chi connectivity index (χ2v) is 7.15. The fourth-order valence-corrected chi connectivity index (χ4v) is 3.61. The predicted octanol–water partition coefficient (Wildman–Crippen LogP) is 0.654. The van der Waals surface area contributed by atoms with E-state index < -0.39 is 16.0 Å². The van der Waals surface area contributed by atoms with E-state index in [-0.39, 0.29) is 28.5 Å². The largest absolute Gasteiger partial charge is 0.545 e. The summed E-state index contributed by atoms with van der Waals surface area (Å²) in [5.41, 5.74) is 1.80. The Hall–Kier alpha value is -2.87. The van der Waals surface area contributed by atoms with Crippen molar-refractivity contribution in [2.24, 2.45) is 0 Å². The van der Waals surface area contributed by atoms with Crippen molar-refractivity contribution in [2.75, 3.05) is 10.0 Å². The second kappa shape index (κ2) is 5.64. The van der Waals surface area contributed by atoms with Gasteiger partial charge in [-0.15, -0.1) is 0 Å². The molecular formula is C16H13N2O5S-. The zero-order valence-corrected chi connectivity index (χ0v) is 13.4. The number of anilines is 2. The number of benzene rings is 2. The van der Waals surface area contributed by atoms with E-state index in [0.29, 0.717) is 16.8 Å². The molecule has 0 radical (unpaired) electrons. The third kappa shape index (κ3) is 2.95. The fourth-order valence-electron chi connectivity index (χ4n) is 2.44. The van der Waals surface area contributed by atoms with Crippen LogP contribution in [0.2, 0.25) is 0 Å². The molecule has 0 aliphatic carbocycles. The summed E-state index contributed by atoms with van der Waals surface area (Å²) in [5, 5.41) is 13.6. The van der Waals surface area contributed by atoms with Crippen LogP contribution >= 0.6 is 0 Å². The van der Waals surface area contributed by atoms with Gasteiger partial charge in [-0.05, 0) is 47.9 Å². The van der Waals surface area contributed by atoms with Gasteiger partial charge in [0.1, 0.15) is 0 Å². The molecule has 1 aliphatic heterocycles. The van der Waals surface area contributed by atoms with Gasteiger partial charge in [0, 0.05) is 5.69 Å². The Bertz CT molecular complexity index is 966. The summed E-state index contributed by atoms with van der Waals surface area (Å²) in [7, 11) is -3.92. The Morgan fingerprint density at radius 3 is 2.67 bits per heavy atom. The topological polar surface area (TPSA) is 115 Å². The van der Waals surface area contributed by atoms with E-state index in [1.807, 2.05) is 0 Å². The van der Waals surface area contributed by atoms with Gasteiger partial charge in [0.15, 0.2) is 0 Å². The van der Waals surface area contributed by atoms with Crippen LogP contribution in [0.4, 0.5) is 11.4 Å². The molecule has 1 heterocycles. The van der Waals surface area contributed by atoms with Gasteiger partial charge in [0.05, 0.1) is 23.0 Å². The first-order valence-electron chi connectivity index (χ1n) is 7.04. The Morgan fingerprint density at radius 2 is 1.96 bits per heavy atom. The summed E-state index contributed by atoms with van der Waals surface area (Å²) in [6.07, 6.45) is 0.123. The summed E-state index contributed by atoms with van der Waals surface area (Å²) >= 11 is 0. The van der Waals surface area contributed by atoms with Crippen molar-refractivity contribution in [1.82, 2.24) is 0 Å². The van der Waals surface area contributed by atoms with Crippen molar-refractivity contribution < 1.29 is 23.1 Å². The fraction of sp³-hybridized carbons (Fsp3) is 0.125. The number of hydrogen-bond donors (Lipinski definition) is 2. The SMILES string of the molecule is Cc1ccc(C(=O)[O-])cc1NS(=O)(=O)c1ccc2c(c1)CC(=O)N2. The number of amides is 1. The van der Waals surface area contributed by atoms with Crippen LogP contribution in [0.5, 0.6) is 0 Å². The Kier molecular flexibility index (Phi) is 3.76. The van der Waals surface area contributed by atoms with Crippen LogP contribution in [0.1, 0.15) is 21.5 Å². The Morgan fingerprint density at radius 1 is 1.21 bits per heavy atom. The number of carbonyl (C=O) groups is 2. The highest BCUT2D eigenvalue weighted by atomic mass is 32.2. The zero-order valence-electron chi connectivity index (χ0n) is 12.6. The van der Waals surface area contributed by atoms with Crippen molar-refractivity contribution >= 4 is 33.3 Å². The van der Waals surface area contributed by atoms with Gasteiger partial charge < -0.3 is 15.2 Å². The molecule has 0 saturated heterocycles. The maximum atomic E-state index is 12.5. The summed E-state index contributed by atoms with van der Waals surface area (Å²) in [6, 6.07) is 8.38. The number of hydrogen-bond acceptors (Lipinski definition) is 5. The first kappa shape index (κ1) is 16.0. The first-order chi connectivity index (χ1) is 11.3. The quantitative estimate of drug-likeness (QED) is 0.844. The van der Waals surface area contributed by atoms with Crippen molar-refractivity contribution in [3.63, 3.8) is 0 Å². The van der Waals surface area contributed by atoms with Crippen molar-refractivity contribution in [3.8, 4) is 0 Å². The first-order valence-corrected chi connectivity index (χ1v) is 8.52. The average molecular weight is 345 g/mol. The molecule has 2 aromatic carbocycles. The summed E-state index contributed by atoms with van der Waals surface area (Å²) in [6.45, 7) is 1.65. The number of aryl methyl sites for hydroxylation is 1. The summed E-state index contributed by atoms with van der Waals surface area (Å²) < 4.78 is 27.4. The number of carbonyl (C=O) groups excluding carboxylic acids is 2. The minimum absolute atomic E-state index is 0.00370. The van der Waals surface area contributed by atoms with Gasteiger partial charge in [-0.1, -0.05) is 12.1 Å². The van der Waals surface area contributed by atoms with Crippen LogP contribution in [0.15, 0.2) is 41.3 Å². The standard InChI is InChI=1S/C16H14N2O5S/c1-9-2-3-10(16(20)21)7-14(9)18-24(22,23)12-4-5-13-11(6-12)8-15(19)17-13/h2-7,18H,8H2,1H3,(H,17,19)(H,20,21)/p-1. The Labute approximate surface area is 138 Å². The number of aromatic carboxylic acids is 1. The highest BCUT2D eigenvalue weighted by Gasteiger charge is 2.22. The van der Waals surface area contributed by atoms with Crippen LogP contribution in [0, 0.1) is 6.92 Å². The molecule has 0 saturated carbocycles. The summed E-state index contributed by atoms with van der Waals surface area (Å²) in [4.78, 5) is 22.3. The van der Waals surface area contributed by atoms with Crippen LogP contribution < -0.4 is 15.1 Å². The highest BCUT2D eigenvalue weighted by molar-refractivity contribution is 7.92. The van der Waals surface area contributed by atoms with E-state index in [1.54, 1.807) is 6.92 Å². The lowest BCUT2D eigenvalue weighted by Gasteiger charge is -2.13. The lowest BCUT2D eigenvalue weighted by Crippen LogP contribution is -2.22. The molecular weight excluding hydrogens is 332 g/mol. The molecule has 124 valence electrons. The molecule has 0 fully saturated rings. The zero-order chi connectivity index (χ0) is 17.5. The van der Waals surface area contributed by atoms with Gasteiger partial charge in [-0.3, -0.25) is 9.52 Å². The third-order valence-electron chi connectivity index (χ3n) is 3.73. The molecule has 3 rings (SSSR count). The van der Waals surface area contributed by atoms with Gasteiger partial charge in [0.25, 0.3) is 10.0 Å². The van der Waals surface area contributed by atoms with E-state index >= 15 is 0 Å². The van der Waals surface area contributed by atoms with Crippen LogP contribution in [0.25, 0.3) is 0 Å². The second-order valence-electron chi connectivity index (χ2n) is 5.47. The van der Waals surface area contributed by atoms with E-state index in [4.69, 9.17) is 0 Å². The number of fused-ring (bicyclic) bond motifs is 1. The minimum atomic E-state index is -3.92. The molecule has 7 nitrogen and oxygen atoms in total. The number of rotatable bonds is 4. The van der Waals surface area contributed by atoms with Crippen LogP contribution in [-0.4, -0.2) is 20.3 Å². The lowest BCUT2D eigenvalue weighted by molar-refractivity contribution is -0.255. The molecule has 1 amide bonds. The predicted molar refractivity (Wildman–Crippen MR) is 85.1 cm³/mol. The van der Waals surface area contributed by atoms with E-state index in [1.165, 1.54) is 36.4 Å². The van der Waals surface area contributed by atoms with E-state index in [0.717, 1.165) is 0 Å². The van der Waals surface area contributed by atoms with E-state index in [2.05, 4.69) is 10.0 Å². The molecule has 0 bridgehead atoms. The summed E-state index contributed by atoms with van der Waals surface area (Å²) in [5.74, 6) is -1.58. The van der Waals surface area contributed by atoms with Crippen LogP contribution in [-0.2, 0) is 21.2 Å². The van der Waals surface area contributed by atoms with Gasteiger partial charge in [-0.2, -0.15) is 0 Å². The third-order valence-corrected chi connectivity index (χ3v) is 5.09. The molecule has 8 heteroatoms. The molecule has 24 heavy (non-hydrogen) atoms. The van der Waals surface area contributed by atoms with Crippen molar-refractivity contribution in [3.05, 3.63) is 53.1 Å². The van der Waals surface area contributed by atoms with Crippen molar-refractivity contribution in [2.45, 2.75) is 18.2 Å². The monoisotopic (exact) mass is 345 g/mol. The maximum Gasteiger partial charge on any atom is 0.261 e. The van der Waals surface area contributed by atoms with Gasteiger partial charge in [-0.25, -0.2) is 8.42 Å². The number of nitrogens with one attached hydrogen (secondary N) is 2. The lowest BCUT2D eigenvalue weighted by atomic mass is 10.1. The van der Waals surface area contributed by atoms with E-state index in [9.17, 15) is 23.1 Å². The van der Waals surface area contributed by atoms with Gasteiger partial charge >= 0.3 is 0 Å².